The standard InChI is InChI=1S/C16H18F3N3O2/c1-9(2)22-14(23)8-13(21-15(22)24)20-10(3)11-6-4-5-7-12(11)16(17,18)19/h4-10,20H,1-3H3,(H,21,24). The third-order valence-electron chi connectivity index (χ3n) is 3.59. The summed E-state index contributed by atoms with van der Waals surface area (Å²) in [6.45, 7) is 4.90. The number of alkyl halides is 3. The molecule has 0 aliphatic rings. The minimum Gasteiger partial charge on any atom is -0.365 e. The zero-order valence-electron chi connectivity index (χ0n) is 13.4. The van der Waals surface area contributed by atoms with E-state index in [1.807, 2.05) is 0 Å². The maximum absolute atomic E-state index is 13.1. The Morgan fingerprint density at radius 2 is 1.75 bits per heavy atom. The fourth-order valence-corrected chi connectivity index (χ4v) is 2.52. The van der Waals surface area contributed by atoms with Crippen molar-refractivity contribution >= 4 is 5.82 Å². The van der Waals surface area contributed by atoms with Gasteiger partial charge in [-0.2, -0.15) is 13.2 Å². The van der Waals surface area contributed by atoms with Gasteiger partial charge in [0.05, 0.1) is 11.6 Å². The van der Waals surface area contributed by atoms with Crippen molar-refractivity contribution in [3.63, 3.8) is 0 Å². The van der Waals surface area contributed by atoms with Crippen LogP contribution in [0.2, 0.25) is 0 Å². The molecule has 0 saturated heterocycles. The molecule has 1 aromatic carbocycles. The number of aromatic amines is 1. The smallest absolute Gasteiger partial charge is 0.365 e. The van der Waals surface area contributed by atoms with Crippen LogP contribution in [0, 0.1) is 0 Å². The molecule has 0 aliphatic carbocycles. The fraction of sp³-hybridized carbons (Fsp3) is 0.375. The summed E-state index contributed by atoms with van der Waals surface area (Å²) in [5.41, 5.74) is -1.87. The third kappa shape index (κ3) is 3.69. The minimum atomic E-state index is -4.49. The topological polar surface area (TPSA) is 66.9 Å². The number of aromatic nitrogens is 2. The second kappa shape index (κ2) is 6.54. The van der Waals surface area contributed by atoms with Crippen LogP contribution in [0.3, 0.4) is 0 Å². The van der Waals surface area contributed by atoms with E-state index >= 15 is 0 Å². The van der Waals surface area contributed by atoms with Crippen LogP contribution in [0.5, 0.6) is 0 Å². The van der Waals surface area contributed by atoms with E-state index in [0.29, 0.717) is 0 Å². The van der Waals surface area contributed by atoms with Crippen LogP contribution < -0.4 is 16.6 Å². The molecule has 5 nitrogen and oxygen atoms in total. The van der Waals surface area contributed by atoms with E-state index < -0.39 is 29.0 Å². The molecule has 0 amide bonds. The first-order valence-electron chi connectivity index (χ1n) is 7.39. The molecule has 1 atom stereocenters. The van der Waals surface area contributed by atoms with Crippen LogP contribution in [0.25, 0.3) is 0 Å². The highest BCUT2D eigenvalue weighted by molar-refractivity contribution is 5.40. The van der Waals surface area contributed by atoms with E-state index in [1.165, 1.54) is 25.1 Å². The molecular weight excluding hydrogens is 323 g/mol. The second-order valence-electron chi connectivity index (χ2n) is 5.74. The molecule has 0 aliphatic heterocycles. The molecule has 24 heavy (non-hydrogen) atoms. The Balaban J connectivity index is 2.37. The van der Waals surface area contributed by atoms with Crippen molar-refractivity contribution in [2.75, 3.05) is 5.32 Å². The summed E-state index contributed by atoms with van der Waals surface area (Å²) in [5, 5.41) is 2.75. The molecule has 1 aromatic heterocycles. The zero-order chi connectivity index (χ0) is 18.1. The van der Waals surface area contributed by atoms with E-state index in [1.54, 1.807) is 13.8 Å². The monoisotopic (exact) mass is 341 g/mol. The summed E-state index contributed by atoms with van der Waals surface area (Å²) < 4.78 is 40.3. The van der Waals surface area contributed by atoms with Crippen LogP contribution in [0.4, 0.5) is 19.0 Å². The molecule has 0 saturated carbocycles. The van der Waals surface area contributed by atoms with Crippen molar-refractivity contribution in [1.29, 1.82) is 0 Å². The van der Waals surface area contributed by atoms with Gasteiger partial charge in [-0.15, -0.1) is 0 Å². The summed E-state index contributed by atoms with van der Waals surface area (Å²) in [5.74, 6) is 0.0753. The van der Waals surface area contributed by atoms with Gasteiger partial charge < -0.3 is 5.32 Å². The number of anilines is 1. The van der Waals surface area contributed by atoms with Gasteiger partial charge in [-0.3, -0.25) is 14.3 Å². The molecule has 0 spiro atoms. The van der Waals surface area contributed by atoms with E-state index in [4.69, 9.17) is 0 Å². The number of nitrogens with zero attached hydrogens (tertiary/aromatic N) is 1. The Hall–Kier alpha value is -2.51. The van der Waals surface area contributed by atoms with E-state index in [-0.39, 0.29) is 17.4 Å². The van der Waals surface area contributed by atoms with Crippen LogP contribution in [0.1, 0.15) is 44.0 Å². The van der Waals surface area contributed by atoms with Gasteiger partial charge in [0.1, 0.15) is 5.82 Å². The zero-order valence-corrected chi connectivity index (χ0v) is 13.4. The van der Waals surface area contributed by atoms with Crippen LogP contribution in [-0.2, 0) is 6.18 Å². The van der Waals surface area contributed by atoms with Gasteiger partial charge in [-0.25, -0.2) is 4.79 Å². The van der Waals surface area contributed by atoms with Crippen molar-refractivity contribution in [1.82, 2.24) is 9.55 Å². The van der Waals surface area contributed by atoms with Crippen LogP contribution >= 0.6 is 0 Å². The Morgan fingerprint density at radius 1 is 1.12 bits per heavy atom. The van der Waals surface area contributed by atoms with Gasteiger partial charge in [-0.1, -0.05) is 18.2 Å². The Morgan fingerprint density at radius 3 is 2.29 bits per heavy atom. The lowest BCUT2D eigenvalue weighted by atomic mass is 10.0. The number of H-pyrrole nitrogens is 1. The molecule has 2 rings (SSSR count). The van der Waals surface area contributed by atoms with Crippen molar-refractivity contribution in [2.45, 2.75) is 39.0 Å². The molecule has 1 heterocycles. The molecule has 1 unspecified atom stereocenters. The first-order chi connectivity index (χ1) is 11.1. The SMILES string of the molecule is CC(Nc1cc(=O)n(C(C)C)c(=O)[nH]1)c1ccccc1C(F)(F)F. The summed E-state index contributed by atoms with van der Waals surface area (Å²) in [6, 6.07) is 5.24. The predicted octanol–water partition coefficient (Wildman–Crippen LogP) is 3.31. The van der Waals surface area contributed by atoms with Gasteiger partial charge in [0.25, 0.3) is 5.56 Å². The number of rotatable bonds is 4. The van der Waals surface area contributed by atoms with Crippen molar-refractivity contribution < 1.29 is 13.2 Å². The molecule has 0 fully saturated rings. The maximum atomic E-state index is 13.1. The lowest BCUT2D eigenvalue weighted by Crippen LogP contribution is -2.36. The van der Waals surface area contributed by atoms with Gasteiger partial charge in [-0.05, 0) is 32.4 Å². The highest BCUT2D eigenvalue weighted by atomic mass is 19.4. The van der Waals surface area contributed by atoms with E-state index in [2.05, 4.69) is 10.3 Å². The molecular formula is C16H18F3N3O2. The Bertz CT molecular complexity index is 806. The molecule has 0 radical (unpaired) electrons. The lowest BCUT2D eigenvalue weighted by Gasteiger charge is -2.20. The fourth-order valence-electron chi connectivity index (χ4n) is 2.52. The highest BCUT2D eigenvalue weighted by Crippen LogP contribution is 2.35. The average molecular weight is 341 g/mol. The molecule has 2 N–H and O–H groups in total. The largest absolute Gasteiger partial charge is 0.416 e. The van der Waals surface area contributed by atoms with Gasteiger partial charge >= 0.3 is 11.9 Å². The van der Waals surface area contributed by atoms with Crippen molar-refractivity contribution in [2.24, 2.45) is 0 Å². The van der Waals surface area contributed by atoms with E-state index in [9.17, 15) is 22.8 Å². The Kier molecular flexibility index (Phi) is 4.86. The first kappa shape index (κ1) is 17.8. The highest BCUT2D eigenvalue weighted by Gasteiger charge is 2.34. The van der Waals surface area contributed by atoms with Crippen molar-refractivity contribution in [3.05, 3.63) is 62.3 Å². The quantitative estimate of drug-likeness (QED) is 0.897. The summed E-state index contributed by atoms with van der Waals surface area (Å²) in [6.07, 6.45) is -4.49. The second-order valence-corrected chi connectivity index (χ2v) is 5.74. The van der Waals surface area contributed by atoms with Crippen molar-refractivity contribution in [3.8, 4) is 0 Å². The molecule has 2 aromatic rings. The average Bonchev–Trinajstić information content (AvgIpc) is 2.45. The number of halogens is 3. The minimum absolute atomic E-state index is 0.0267. The summed E-state index contributed by atoms with van der Waals surface area (Å²) in [7, 11) is 0. The molecule has 8 heteroatoms. The third-order valence-corrected chi connectivity index (χ3v) is 3.59. The molecule has 0 bridgehead atoms. The van der Waals surface area contributed by atoms with Crippen LogP contribution in [-0.4, -0.2) is 9.55 Å². The lowest BCUT2D eigenvalue weighted by molar-refractivity contribution is -0.138. The summed E-state index contributed by atoms with van der Waals surface area (Å²) in [4.78, 5) is 26.4. The normalized spacial score (nSPS) is 13.1. The number of benzene rings is 1. The first-order valence-corrected chi connectivity index (χ1v) is 7.39. The number of nitrogens with one attached hydrogen (secondary N) is 2. The van der Waals surface area contributed by atoms with E-state index in [0.717, 1.165) is 16.7 Å². The maximum Gasteiger partial charge on any atom is 0.416 e. The summed E-state index contributed by atoms with van der Waals surface area (Å²) >= 11 is 0. The van der Waals surface area contributed by atoms with Gasteiger partial charge in [0, 0.05) is 12.1 Å². The predicted molar refractivity (Wildman–Crippen MR) is 85.2 cm³/mol. The number of hydrogen-bond donors (Lipinski definition) is 2. The molecule has 130 valence electrons. The number of hydrogen-bond acceptors (Lipinski definition) is 3. The van der Waals surface area contributed by atoms with Gasteiger partial charge in [0.15, 0.2) is 0 Å². The van der Waals surface area contributed by atoms with Gasteiger partial charge in [0.2, 0.25) is 0 Å². The Labute approximate surface area is 136 Å². The van der Waals surface area contributed by atoms with Crippen LogP contribution in [0.15, 0.2) is 39.9 Å².